The third-order valence-electron chi connectivity index (χ3n) is 4.24. The van der Waals surface area contributed by atoms with E-state index in [0.717, 1.165) is 33.3 Å². The Balaban J connectivity index is 2.05. The van der Waals surface area contributed by atoms with Crippen LogP contribution in [-0.4, -0.2) is 17.4 Å². The Morgan fingerprint density at radius 2 is 2.00 bits per heavy atom. The molecule has 3 aromatic rings. The molecule has 0 aliphatic carbocycles. The number of anilines is 2. The van der Waals surface area contributed by atoms with Crippen molar-refractivity contribution >= 4 is 28.1 Å². The van der Waals surface area contributed by atoms with Crippen LogP contribution < -0.4 is 10.6 Å². The molecule has 0 aliphatic rings. The van der Waals surface area contributed by atoms with Gasteiger partial charge in [0.2, 0.25) is 5.91 Å². The largest absolute Gasteiger partial charge is 0.380 e. The van der Waals surface area contributed by atoms with Crippen molar-refractivity contribution in [2.75, 3.05) is 17.2 Å². The maximum absolute atomic E-state index is 11.3. The van der Waals surface area contributed by atoms with Gasteiger partial charge < -0.3 is 10.6 Å². The molecule has 0 aliphatic heterocycles. The fourth-order valence-electron chi connectivity index (χ4n) is 2.93. The number of hydrogen-bond donors (Lipinski definition) is 2. The van der Waals surface area contributed by atoms with E-state index >= 15 is 0 Å². The molecule has 2 N–H and O–H groups in total. The summed E-state index contributed by atoms with van der Waals surface area (Å²) in [4.78, 5) is 15.7. The average molecular weight is 356 g/mol. The van der Waals surface area contributed by atoms with Crippen molar-refractivity contribution in [2.24, 2.45) is 0 Å². The number of amides is 1. The Morgan fingerprint density at radius 1 is 1.22 bits per heavy atom. The predicted molar refractivity (Wildman–Crippen MR) is 109 cm³/mol. The summed E-state index contributed by atoms with van der Waals surface area (Å²) in [6.07, 6.45) is 1.68. The van der Waals surface area contributed by atoms with Gasteiger partial charge in [-0.2, -0.15) is 5.26 Å². The molecule has 5 heteroatoms. The van der Waals surface area contributed by atoms with E-state index in [-0.39, 0.29) is 5.91 Å². The van der Waals surface area contributed by atoms with E-state index in [1.54, 1.807) is 12.3 Å². The van der Waals surface area contributed by atoms with Gasteiger partial charge >= 0.3 is 0 Å². The Hall–Kier alpha value is -3.65. The summed E-state index contributed by atoms with van der Waals surface area (Å²) >= 11 is 0. The van der Waals surface area contributed by atoms with Crippen LogP contribution in [-0.2, 0) is 4.79 Å². The van der Waals surface area contributed by atoms with Crippen LogP contribution in [0, 0.1) is 18.3 Å². The number of fused-ring (bicyclic) bond motifs is 1. The van der Waals surface area contributed by atoms with Crippen molar-refractivity contribution in [3.8, 4) is 17.3 Å². The van der Waals surface area contributed by atoms with Crippen molar-refractivity contribution < 1.29 is 4.79 Å². The molecule has 0 radical (unpaired) electrons. The van der Waals surface area contributed by atoms with Crippen LogP contribution in [0.3, 0.4) is 0 Å². The summed E-state index contributed by atoms with van der Waals surface area (Å²) in [7, 11) is 0. The smallest absolute Gasteiger partial charge is 0.221 e. The van der Waals surface area contributed by atoms with Gasteiger partial charge in [-0.25, -0.2) is 0 Å². The zero-order chi connectivity index (χ0) is 19.4. The number of nitrogens with one attached hydrogen (secondary N) is 2. The maximum Gasteiger partial charge on any atom is 0.221 e. The standard InChI is InChI=1S/C22H20N4O/c1-14(12-23)13-25-22-15(2)4-5-17-6-7-18(10-20(17)22)21-11-19(8-9-24-21)26-16(3)27/h4-11,25H,1,13H2,2-3H3,(H,24,26,27). The number of aryl methyl sites for hydroxylation is 1. The van der Waals surface area contributed by atoms with Gasteiger partial charge in [0.05, 0.1) is 11.8 Å². The summed E-state index contributed by atoms with van der Waals surface area (Å²) in [5.74, 6) is -0.120. The molecule has 0 bridgehead atoms. The summed E-state index contributed by atoms with van der Waals surface area (Å²) in [5, 5.41) is 17.2. The van der Waals surface area contributed by atoms with Gasteiger partial charge in [0.1, 0.15) is 0 Å². The SMILES string of the molecule is C=C(C#N)CNc1c(C)ccc2ccc(-c3cc(NC(C)=O)ccn3)cc12. The van der Waals surface area contributed by atoms with E-state index in [1.165, 1.54) is 6.92 Å². The minimum Gasteiger partial charge on any atom is -0.380 e. The van der Waals surface area contributed by atoms with E-state index in [4.69, 9.17) is 5.26 Å². The molecule has 0 fully saturated rings. The number of aromatic nitrogens is 1. The molecule has 0 spiro atoms. The summed E-state index contributed by atoms with van der Waals surface area (Å²) in [6.45, 7) is 7.63. The van der Waals surface area contributed by atoms with Crippen molar-refractivity contribution in [2.45, 2.75) is 13.8 Å². The highest BCUT2D eigenvalue weighted by molar-refractivity contribution is 5.98. The van der Waals surface area contributed by atoms with Crippen molar-refractivity contribution in [1.29, 1.82) is 5.26 Å². The van der Waals surface area contributed by atoms with E-state index in [2.05, 4.69) is 46.5 Å². The van der Waals surface area contributed by atoms with E-state index in [9.17, 15) is 4.79 Å². The molecule has 27 heavy (non-hydrogen) atoms. The molecule has 3 rings (SSSR count). The normalized spacial score (nSPS) is 10.3. The van der Waals surface area contributed by atoms with E-state index in [0.29, 0.717) is 17.8 Å². The first kappa shape index (κ1) is 18.2. The van der Waals surface area contributed by atoms with Crippen LogP contribution >= 0.6 is 0 Å². The van der Waals surface area contributed by atoms with Crippen LogP contribution in [0.15, 0.2) is 60.8 Å². The molecule has 2 aromatic carbocycles. The summed E-state index contributed by atoms with van der Waals surface area (Å²) in [5.41, 5.74) is 4.97. The Labute approximate surface area is 158 Å². The number of carbonyl (C=O) groups is 1. The summed E-state index contributed by atoms with van der Waals surface area (Å²) < 4.78 is 0. The number of benzene rings is 2. The molecular formula is C22H20N4O. The second-order valence-corrected chi connectivity index (χ2v) is 6.37. The number of rotatable bonds is 5. The predicted octanol–water partition coefficient (Wildman–Crippen LogP) is 4.66. The first-order chi connectivity index (χ1) is 13.0. The van der Waals surface area contributed by atoms with Crippen LogP contribution in [0.5, 0.6) is 0 Å². The zero-order valence-electron chi connectivity index (χ0n) is 15.3. The topological polar surface area (TPSA) is 77.8 Å². The molecule has 1 amide bonds. The summed E-state index contributed by atoms with van der Waals surface area (Å²) in [6, 6.07) is 15.9. The monoisotopic (exact) mass is 356 g/mol. The highest BCUT2D eigenvalue weighted by atomic mass is 16.1. The minimum absolute atomic E-state index is 0.120. The fraction of sp³-hybridized carbons (Fsp3) is 0.136. The van der Waals surface area contributed by atoms with Gasteiger partial charge in [0, 0.05) is 47.6 Å². The molecule has 0 unspecified atom stereocenters. The van der Waals surface area contributed by atoms with Gasteiger partial charge in [-0.05, 0) is 36.1 Å². The first-order valence-electron chi connectivity index (χ1n) is 8.57. The van der Waals surface area contributed by atoms with Crippen molar-refractivity contribution in [3.63, 3.8) is 0 Å². The zero-order valence-corrected chi connectivity index (χ0v) is 15.3. The molecule has 1 aromatic heterocycles. The molecule has 0 saturated carbocycles. The maximum atomic E-state index is 11.3. The lowest BCUT2D eigenvalue weighted by Gasteiger charge is -2.14. The number of nitriles is 1. The van der Waals surface area contributed by atoms with Crippen LogP contribution in [0.2, 0.25) is 0 Å². The van der Waals surface area contributed by atoms with Crippen molar-refractivity contribution in [3.05, 3.63) is 66.4 Å². The number of carbonyl (C=O) groups excluding carboxylic acids is 1. The first-order valence-corrected chi connectivity index (χ1v) is 8.57. The molecular weight excluding hydrogens is 336 g/mol. The molecule has 1 heterocycles. The van der Waals surface area contributed by atoms with E-state index in [1.807, 2.05) is 25.1 Å². The highest BCUT2D eigenvalue weighted by Crippen LogP contribution is 2.31. The molecule has 5 nitrogen and oxygen atoms in total. The van der Waals surface area contributed by atoms with Crippen LogP contribution in [0.4, 0.5) is 11.4 Å². The van der Waals surface area contributed by atoms with E-state index < -0.39 is 0 Å². The highest BCUT2D eigenvalue weighted by Gasteiger charge is 2.09. The van der Waals surface area contributed by atoms with Gasteiger partial charge in [-0.3, -0.25) is 9.78 Å². The molecule has 0 saturated heterocycles. The van der Waals surface area contributed by atoms with Crippen LogP contribution in [0.1, 0.15) is 12.5 Å². The number of nitrogens with zero attached hydrogens (tertiary/aromatic N) is 2. The quantitative estimate of drug-likeness (QED) is 0.652. The third-order valence-corrected chi connectivity index (χ3v) is 4.24. The minimum atomic E-state index is -0.120. The molecule has 134 valence electrons. The Morgan fingerprint density at radius 3 is 2.74 bits per heavy atom. The molecule has 0 atom stereocenters. The third kappa shape index (κ3) is 4.13. The number of pyridine rings is 1. The lowest BCUT2D eigenvalue weighted by molar-refractivity contribution is -0.114. The lowest BCUT2D eigenvalue weighted by atomic mass is 10.00. The second-order valence-electron chi connectivity index (χ2n) is 6.37. The van der Waals surface area contributed by atoms with Gasteiger partial charge in [0.15, 0.2) is 0 Å². The average Bonchev–Trinajstić information content (AvgIpc) is 2.66. The van der Waals surface area contributed by atoms with Gasteiger partial charge in [-0.1, -0.05) is 30.8 Å². The Kier molecular flexibility index (Phi) is 5.18. The van der Waals surface area contributed by atoms with Gasteiger partial charge in [0.25, 0.3) is 0 Å². The van der Waals surface area contributed by atoms with Crippen molar-refractivity contribution in [1.82, 2.24) is 4.98 Å². The fourth-order valence-corrected chi connectivity index (χ4v) is 2.93. The van der Waals surface area contributed by atoms with Crippen LogP contribution in [0.25, 0.3) is 22.0 Å². The number of hydrogen-bond acceptors (Lipinski definition) is 4. The second kappa shape index (κ2) is 7.71. The van der Waals surface area contributed by atoms with Gasteiger partial charge in [-0.15, -0.1) is 0 Å². The lowest BCUT2D eigenvalue weighted by Crippen LogP contribution is -2.06. The Bertz CT molecular complexity index is 1080.